The Morgan fingerprint density at radius 2 is 1.79 bits per heavy atom. The van der Waals surface area contributed by atoms with Gasteiger partial charge >= 0.3 is 6.09 Å². The van der Waals surface area contributed by atoms with E-state index in [1.165, 1.54) is 19.3 Å². The highest BCUT2D eigenvalue weighted by atomic mass is 16.6. The normalized spacial score (nSPS) is 45.5. The van der Waals surface area contributed by atoms with Crippen molar-refractivity contribution in [2.75, 3.05) is 20.3 Å². The molecule has 0 radical (unpaired) electrons. The zero-order chi connectivity index (χ0) is 23.6. The first-order valence-corrected chi connectivity index (χ1v) is 12.6. The van der Waals surface area contributed by atoms with E-state index in [0.29, 0.717) is 46.8 Å². The van der Waals surface area contributed by atoms with Gasteiger partial charge in [0.2, 0.25) is 11.6 Å². The largest absolute Gasteiger partial charge is 0.449 e. The minimum Gasteiger partial charge on any atom is -0.449 e. The van der Waals surface area contributed by atoms with E-state index in [0.717, 1.165) is 19.3 Å². The van der Waals surface area contributed by atoms with Crippen LogP contribution in [0.2, 0.25) is 0 Å². The van der Waals surface area contributed by atoms with Crippen molar-refractivity contribution in [1.82, 2.24) is 15.5 Å². The van der Waals surface area contributed by atoms with Crippen LogP contribution in [0.4, 0.5) is 4.79 Å². The first-order chi connectivity index (χ1) is 16.3. The molecule has 8 rings (SSSR count). The van der Waals surface area contributed by atoms with E-state index in [4.69, 9.17) is 15.2 Å². The summed E-state index contributed by atoms with van der Waals surface area (Å²) in [5.74, 6) is 1.25. The molecule has 0 aromatic heterocycles. The number of fused-ring (bicyclic) bond motifs is 4. The number of nitrogens with one attached hydrogen (secondary N) is 2. The number of nitrogens with zero attached hydrogens (tertiary/aromatic N) is 1. The number of Topliss-reactive ketones (excluding diaryl/α,β-unsaturated/α-hetero) is 2. The second-order valence-electron chi connectivity index (χ2n) is 11.7. The standard InChI is InChI=1S/C25H32N4O5/c1-11-18(28-24-6-12-3-13(7-24)5-14(4-12)8-24)21(31)17-15(10-34-23(26)32)25(33-2)22-16(27-22)9-29(25)19(17)20(11)30/h12-16,22,27-28H,3-10H2,1-2H3,(H2,26,32). The third-order valence-electron chi connectivity index (χ3n) is 9.86. The van der Waals surface area contributed by atoms with Gasteiger partial charge in [-0.2, -0.15) is 0 Å². The number of hydrogen-bond donors (Lipinski definition) is 3. The molecular formula is C25H32N4O5. The summed E-state index contributed by atoms with van der Waals surface area (Å²) in [6.07, 6.45) is 6.20. The quantitative estimate of drug-likeness (QED) is 0.401. The Bertz CT molecular complexity index is 1060. The van der Waals surface area contributed by atoms with Crippen molar-refractivity contribution in [2.45, 2.75) is 68.8 Å². The van der Waals surface area contributed by atoms with Crippen molar-refractivity contribution in [3.63, 3.8) is 0 Å². The van der Waals surface area contributed by atoms with Crippen molar-refractivity contribution in [2.24, 2.45) is 29.4 Å². The average Bonchev–Trinajstić information content (AvgIpc) is 3.39. The molecule has 6 fully saturated rings. The number of ether oxygens (including phenoxy) is 2. The highest BCUT2D eigenvalue weighted by Gasteiger charge is 2.73. The van der Waals surface area contributed by atoms with Crippen LogP contribution in [0.15, 0.2) is 22.5 Å². The Labute approximate surface area is 198 Å². The van der Waals surface area contributed by atoms with Gasteiger partial charge in [-0.3, -0.25) is 9.59 Å². The lowest BCUT2D eigenvalue weighted by Gasteiger charge is -2.57. The van der Waals surface area contributed by atoms with Crippen LogP contribution in [0.3, 0.4) is 0 Å². The topological polar surface area (TPSA) is 133 Å². The van der Waals surface area contributed by atoms with E-state index in [2.05, 4.69) is 10.6 Å². The van der Waals surface area contributed by atoms with Crippen LogP contribution in [0.1, 0.15) is 45.4 Å². The molecule has 4 unspecified atom stereocenters. The Kier molecular flexibility index (Phi) is 4.08. The van der Waals surface area contributed by atoms with Crippen LogP contribution in [-0.2, 0) is 19.1 Å². The lowest BCUT2D eigenvalue weighted by atomic mass is 9.53. The molecule has 0 aromatic carbocycles. The summed E-state index contributed by atoms with van der Waals surface area (Å²) >= 11 is 0. The molecule has 8 aliphatic rings. The Hall–Kier alpha value is -2.39. The highest BCUT2D eigenvalue weighted by Crippen LogP contribution is 2.58. The van der Waals surface area contributed by atoms with Gasteiger partial charge in [0.25, 0.3) is 0 Å². The number of carbonyl (C=O) groups excluding carboxylic acids is 3. The molecule has 0 spiro atoms. The zero-order valence-electron chi connectivity index (χ0n) is 19.7. The lowest BCUT2D eigenvalue weighted by Crippen LogP contribution is -2.59. The predicted molar refractivity (Wildman–Crippen MR) is 120 cm³/mol. The highest BCUT2D eigenvalue weighted by molar-refractivity contribution is 6.25. The van der Waals surface area contributed by atoms with Crippen LogP contribution in [-0.4, -0.2) is 66.2 Å². The molecule has 5 aliphatic carbocycles. The molecule has 9 nitrogen and oxygen atoms in total. The average molecular weight is 469 g/mol. The third kappa shape index (κ3) is 2.54. The minimum atomic E-state index is -0.938. The van der Waals surface area contributed by atoms with Crippen LogP contribution >= 0.6 is 0 Å². The smallest absolute Gasteiger partial charge is 0.404 e. The second kappa shape index (κ2) is 6.63. The van der Waals surface area contributed by atoms with Crippen LogP contribution in [0.5, 0.6) is 0 Å². The van der Waals surface area contributed by atoms with E-state index in [1.54, 1.807) is 14.0 Å². The number of allylic oxidation sites excluding steroid dienone is 2. The summed E-state index contributed by atoms with van der Waals surface area (Å²) in [5, 5.41) is 7.07. The second-order valence-corrected chi connectivity index (χ2v) is 11.7. The van der Waals surface area contributed by atoms with Gasteiger partial charge in [0.1, 0.15) is 6.61 Å². The Morgan fingerprint density at radius 3 is 2.38 bits per heavy atom. The number of piperazine rings is 1. The van der Waals surface area contributed by atoms with Crippen LogP contribution in [0.25, 0.3) is 0 Å². The first-order valence-electron chi connectivity index (χ1n) is 12.6. The zero-order valence-corrected chi connectivity index (χ0v) is 19.7. The number of hydrogen-bond acceptors (Lipinski definition) is 8. The van der Waals surface area contributed by atoms with E-state index >= 15 is 0 Å². The van der Waals surface area contributed by atoms with E-state index in [9.17, 15) is 14.4 Å². The monoisotopic (exact) mass is 468 g/mol. The molecule has 182 valence electrons. The minimum absolute atomic E-state index is 0.0370. The van der Waals surface area contributed by atoms with Crippen molar-refractivity contribution in [1.29, 1.82) is 0 Å². The van der Waals surface area contributed by atoms with E-state index in [1.807, 2.05) is 4.90 Å². The van der Waals surface area contributed by atoms with Gasteiger partial charge in [-0.1, -0.05) is 0 Å². The van der Waals surface area contributed by atoms with Crippen molar-refractivity contribution in [3.05, 3.63) is 22.5 Å². The van der Waals surface area contributed by atoms with Gasteiger partial charge in [-0.15, -0.1) is 0 Å². The molecule has 3 heterocycles. The molecule has 2 saturated heterocycles. The Balaban J connectivity index is 1.27. The van der Waals surface area contributed by atoms with E-state index in [-0.39, 0.29) is 35.8 Å². The van der Waals surface area contributed by atoms with Gasteiger partial charge in [0.15, 0.2) is 5.72 Å². The summed E-state index contributed by atoms with van der Waals surface area (Å²) in [7, 11) is 1.59. The summed E-state index contributed by atoms with van der Waals surface area (Å²) in [5.41, 5.74) is 5.98. The van der Waals surface area contributed by atoms with Gasteiger partial charge in [-0.05, 0) is 63.2 Å². The first kappa shape index (κ1) is 20.9. The van der Waals surface area contributed by atoms with Crippen LogP contribution in [0, 0.1) is 23.7 Å². The molecule has 1 amide bonds. The molecule has 9 heteroatoms. The molecular weight excluding hydrogens is 436 g/mol. The number of primary amides is 1. The molecule has 4 N–H and O–H groups in total. The van der Waals surface area contributed by atoms with Crippen LogP contribution < -0.4 is 16.4 Å². The fourth-order valence-corrected chi connectivity index (χ4v) is 8.97. The number of nitrogens with two attached hydrogens (primary N) is 1. The summed E-state index contributed by atoms with van der Waals surface area (Å²) < 4.78 is 11.3. The number of methoxy groups -OCH3 is 1. The maximum absolute atomic E-state index is 14.1. The van der Waals surface area contributed by atoms with Gasteiger partial charge in [0.05, 0.1) is 23.4 Å². The van der Waals surface area contributed by atoms with Crippen molar-refractivity contribution >= 4 is 17.7 Å². The molecule has 4 saturated carbocycles. The summed E-state index contributed by atoms with van der Waals surface area (Å²) in [6.45, 7) is 2.24. The molecule has 4 atom stereocenters. The molecule has 0 aromatic rings. The lowest BCUT2D eigenvalue weighted by molar-refractivity contribution is -0.137. The molecule has 34 heavy (non-hydrogen) atoms. The number of rotatable bonds is 5. The summed E-state index contributed by atoms with van der Waals surface area (Å²) in [6, 6.07) is 0.147. The SMILES string of the molecule is COC12C(COC(N)=O)C3=C(C(=O)C(C)=C(NC45CC6CC(CC(C6)C4)C5)C3=O)N1CC1NC12. The summed E-state index contributed by atoms with van der Waals surface area (Å²) in [4.78, 5) is 41.4. The third-order valence-corrected chi connectivity index (χ3v) is 9.86. The van der Waals surface area contributed by atoms with Gasteiger partial charge in [-0.25, -0.2) is 4.79 Å². The molecule has 3 aliphatic heterocycles. The van der Waals surface area contributed by atoms with Crippen molar-refractivity contribution in [3.8, 4) is 0 Å². The van der Waals surface area contributed by atoms with E-state index < -0.39 is 17.7 Å². The number of carbonyl (C=O) groups is 3. The fourth-order valence-electron chi connectivity index (χ4n) is 8.97. The Morgan fingerprint density at radius 1 is 1.15 bits per heavy atom. The van der Waals surface area contributed by atoms with Gasteiger partial charge in [0, 0.05) is 36.4 Å². The predicted octanol–water partition coefficient (Wildman–Crippen LogP) is 0.949. The fraction of sp³-hybridized carbons (Fsp3) is 0.720. The van der Waals surface area contributed by atoms with Gasteiger partial charge < -0.3 is 30.7 Å². The molecule has 4 bridgehead atoms. The maximum Gasteiger partial charge on any atom is 0.404 e. The number of ketones is 2. The van der Waals surface area contributed by atoms with Crippen molar-refractivity contribution < 1.29 is 23.9 Å². The number of amides is 1. The maximum atomic E-state index is 14.1.